The minimum absolute atomic E-state index is 0.180. The molecule has 1 aliphatic heterocycles. The molecule has 310 valence electrons. The molecule has 4 N–H and O–H groups in total. The molecule has 0 amide bonds. The monoisotopic (exact) mass is 763 g/mol. The van der Waals surface area contributed by atoms with Crippen molar-refractivity contribution >= 4 is 11.9 Å². The summed E-state index contributed by atoms with van der Waals surface area (Å²) in [6.45, 7) is 3.21. The summed E-state index contributed by atoms with van der Waals surface area (Å²) < 4.78 is 22.0. The van der Waals surface area contributed by atoms with Gasteiger partial charge in [-0.25, -0.2) is 0 Å². The van der Waals surface area contributed by atoms with Crippen LogP contribution in [0.15, 0.2) is 60.8 Å². The lowest BCUT2D eigenvalue weighted by molar-refractivity contribution is -0.305. The lowest BCUT2D eigenvalue weighted by Gasteiger charge is -2.39. The fraction of sp³-hybridized carbons (Fsp3) is 0.727. The number of hydrogen-bond acceptors (Lipinski definition) is 10. The first-order valence-corrected chi connectivity index (χ1v) is 20.9. The van der Waals surface area contributed by atoms with Crippen molar-refractivity contribution in [3.8, 4) is 0 Å². The lowest BCUT2D eigenvalue weighted by Crippen LogP contribution is -2.59. The average Bonchev–Trinajstić information content (AvgIpc) is 3.17. The second-order valence-corrected chi connectivity index (χ2v) is 14.1. The number of rotatable bonds is 33. The number of aliphatic hydroxyl groups is 4. The van der Waals surface area contributed by atoms with E-state index >= 15 is 0 Å². The maximum absolute atomic E-state index is 12.7. The second kappa shape index (κ2) is 34.9. The summed E-state index contributed by atoms with van der Waals surface area (Å²) in [7, 11) is 0. The number of unbranched alkanes of at least 4 members (excludes halogenated alkanes) is 15. The van der Waals surface area contributed by atoms with Gasteiger partial charge in [-0.05, 0) is 57.8 Å². The molecule has 0 saturated carbocycles. The van der Waals surface area contributed by atoms with E-state index in [2.05, 4.69) is 38.2 Å². The number of aliphatic hydroxyl groups excluding tert-OH is 4. The first-order valence-electron chi connectivity index (χ1n) is 20.9. The largest absolute Gasteiger partial charge is 0.462 e. The van der Waals surface area contributed by atoms with Crippen LogP contribution in [0.5, 0.6) is 0 Å². The van der Waals surface area contributed by atoms with Gasteiger partial charge in [0.25, 0.3) is 0 Å². The predicted octanol–water partition coefficient (Wildman–Crippen LogP) is 8.27. The van der Waals surface area contributed by atoms with Gasteiger partial charge in [0.2, 0.25) is 0 Å². The predicted molar refractivity (Wildman–Crippen MR) is 215 cm³/mol. The summed E-state index contributed by atoms with van der Waals surface area (Å²) in [4.78, 5) is 25.2. The van der Waals surface area contributed by atoms with Crippen LogP contribution in [0.3, 0.4) is 0 Å². The number of hydrogen-bond donors (Lipinski definition) is 4. The Morgan fingerprint density at radius 3 is 1.72 bits per heavy atom. The van der Waals surface area contributed by atoms with E-state index in [9.17, 15) is 30.0 Å². The maximum Gasteiger partial charge on any atom is 0.306 e. The van der Waals surface area contributed by atoms with Crippen molar-refractivity contribution in [2.24, 2.45) is 0 Å². The second-order valence-electron chi connectivity index (χ2n) is 14.1. The van der Waals surface area contributed by atoms with E-state index in [-0.39, 0.29) is 26.1 Å². The van der Waals surface area contributed by atoms with E-state index in [4.69, 9.17) is 18.9 Å². The van der Waals surface area contributed by atoms with Gasteiger partial charge in [-0.15, -0.1) is 0 Å². The summed E-state index contributed by atoms with van der Waals surface area (Å²) in [5, 5.41) is 40.0. The van der Waals surface area contributed by atoms with Crippen molar-refractivity contribution in [3.05, 3.63) is 60.8 Å². The maximum atomic E-state index is 12.7. The third-order valence-corrected chi connectivity index (χ3v) is 9.23. The molecule has 0 aliphatic carbocycles. The van der Waals surface area contributed by atoms with Crippen LogP contribution in [0.1, 0.15) is 149 Å². The van der Waals surface area contributed by atoms with E-state index in [1.54, 1.807) is 0 Å². The quantitative estimate of drug-likeness (QED) is 0.0223. The highest BCUT2D eigenvalue weighted by Crippen LogP contribution is 2.22. The lowest BCUT2D eigenvalue weighted by atomic mass is 9.99. The number of carbonyl (C=O) groups excluding carboxylic acids is 2. The topological polar surface area (TPSA) is 152 Å². The minimum atomic E-state index is -1.61. The van der Waals surface area contributed by atoms with Crippen LogP contribution in [-0.2, 0) is 28.5 Å². The number of esters is 2. The van der Waals surface area contributed by atoms with E-state index < -0.39 is 55.4 Å². The van der Waals surface area contributed by atoms with Gasteiger partial charge in [0.1, 0.15) is 31.0 Å². The van der Waals surface area contributed by atoms with Crippen LogP contribution in [0, 0.1) is 0 Å². The molecular formula is C44H74O10. The normalized spacial score (nSPS) is 21.3. The first-order chi connectivity index (χ1) is 26.3. The van der Waals surface area contributed by atoms with Gasteiger partial charge in [0.15, 0.2) is 12.4 Å². The summed E-state index contributed by atoms with van der Waals surface area (Å²) in [5.74, 6) is -0.868. The number of allylic oxidation sites excluding steroid dienone is 10. The number of ether oxygens (including phenoxy) is 4. The molecule has 10 nitrogen and oxygen atoms in total. The van der Waals surface area contributed by atoms with Crippen LogP contribution in [0.2, 0.25) is 0 Å². The molecule has 0 aromatic heterocycles. The van der Waals surface area contributed by atoms with Gasteiger partial charge in [0.05, 0.1) is 13.2 Å². The van der Waals surface area contributed by atoms with Gasteiger partial charge in [0, 0.05) is 12.8 Å². The van der Waals surface area contributed by atoms with E-state index in [1.807, 2.05) is 36.5 Å². The molecule has 0 radical (unpaired) electrons. The zero-order chi connectivity index (χ0) is 39.5. The summed E-state index contributed by atoms with van der Waals surface area (Å²) in [6, 6.07) is 0. The summed E-state index contributed by atoms with van der Waals surface area (Å²) in [5.41, 5.74) is 0. The summed E-state index contributed by atoms with van der Waals surface area (Å²) >= 11 is 0. The molecule has 0 aromatic carbocycles. The number of carbonyl (C=O) groups is 2. The Bertz CT molecular complexity index is 1070. The van der Waals surface area contributed by atoms with Crippen LogP contribution in [0.4, 0.5) is 0 Å². The van der Waals surface area contributed by atoms with Crippen molar-refractivity contribution in [2.75, 3.05) is 19.8 Å². The van der Waals surface area contributed by atoms with E-state index in [1.165, 1.54) is 51.4 Å². The van der Waals surface area contributed by atoms with Crippen molar-refractivity contribution in [1.82, 2.24) is 0 Å². The zero-order valence-electron chi connectivity index (χ0n) is 33.4. The molecule has 1 aliphatic rings. The highest BCUT2D eigenvalue weighted by atomic mass is 16.7. The van der Waals surface area contributed by atoms with Gasteiger partial charge in [-0.3, -0.25) is 9.59 Å². The Hall–Kier alpha value is -2.60. The fourth-order valence-electron chi connectivity index (χ4n) is 5.90. The SMILES string of the molecule is CC/C=C/C=C/C=C/C=C/CCCCCC(=O)OC(COC(=O)CCCCCCC/C=C/CCCCCCCCC)CO[C@H]1O[C@@H](CO)[C@@H](O)C(O)C1O. The Morgan fingerprint density at radius 2 is 1.11 bits per heavy atom. The molecule has 3 unspecified atom stereocenters. The van der Waals surface area contributed by atoms with Crippen molar-refractivity contribution in [3.63, 3.8) is 0 Å². The van der Waals surface area contributed by atoms with Gasteiger partial charge < -0.3 is 39.4 Å². The molecule has 0 spiro atoms. The molecule has 0 bridgehead atoms. The highest BCUT2D eigenvalue weighted by molar-refractivity contribution is 5.70. The first kappa shape index (κ1) is 49.4. The third-order valence-electron chi connectivity index (χ3n) is 9.23. The van der Waals surface area contributed by atoms with Crippen molar-refractivity contribution in [2.45, 2.75) is 185 Å². The van der Waals surface area contributed by atoms with E-state index in [0.717, 1.165) is 57.8 Å². The van der Waals surface area contributed by atoms with Gasteiger partial charge >= 0.3 is 11.9 Å². The molecule has 0 aromatic rings. The Kier molecular flexibility index (Phi) is 31.9. The van der Waals surface area contributed by atoms with Crippen LogP contribution in [0.25, 0.3) is 0 Å². The zero-order valence-corrected chi connectivity index (χ0v) is 33.4. The van der Waals surface area contributed by atoms with Gasteiger partial charge in [-0.1, -0.05) is 139 Å². The van der Waals surface area contributed by atoms with Crippen LogP contribution < -0.4 is 0 Å². The molecule has 6 atom stereocenters. The third kappa shape index (κ3) is 26.2. The highest BCUT2D eigenvalue weighted by Gasteiger charge is 2.44. The van der Waals surface area contributed by atoms with Crippen LogP contribution >= 0.6 is 0 Å². The van der Waals surface area contributed by atoms with Crippen LogP contribution in [-0.4, -0.2) is 89.0 Å². The molecule has 1 rings (SSSR count). The van der Waals surface area contributed by atoms with Crippen molar-refractivity contribution < 1.29 is 49.0 Å². The molecule has 1 saturated heterocycles. The van der Waals surface area contributed by atoms with E-state index in [0.29, 0.717) is 12.8 Å². The standard InChI is InChI=1S/C44H74O10/c1-3-5-7-9-11-13-15-17-18-19-21-22-24-26-28-30-32-39(46)51-35-37(36-52-44-43(50)42(49)41(48)38(34-45)54-44)53-40(47)33-31-29-27-25-23-20-16-14-12-10-8-6-4-2/h6,8,10,12,14,16,18-20,23,37-38,41-45,48-50H,3-5,7,9,11,13,15,17,21-22,24-36H2,1-2H3/b8-6+,12-10+,16-14+,19-18+,23-20+/t37?,38-,41+,42?,43?,44-/m0/s1. The molecule has 10 heteroatoms. The fourth-order valence-corrected chi connectivity index (χ4v) is 5.90. The molecule has 1 fully saturated rings. The minimum Gasteiger partial charge on any atom is -0.462 e. The van der Waals surface area contributed by atoms with Crippen molar-refractivity contribution in [1.29, 1.82) is 0 Å². The molecule has 1 heterocycles. The molecule has 54 heavy (non-hydrogen) atoms. The van der Waals surface area contributed by atoms with Gasteiger partial charge in [-0.2, -0.15) is 0 Å². The smallest absolute Gasteiger partial charge is 0.306 e. The summed E-state index contributed by atoms with van der Waals surface area (Å²) in [6.07, 6.45) is 33.7. The Morgan fingerprint density at radius 1 is 0.593 bits per heavy atom. The Labute approximate surface area is 326 Å². The molecular weight excluding hydrogens is 688 g/mol. The average molecular weight is 763 g/mol. The Balaban J connectivity index is 2.39.